The number of carbonyl (C=O) groups excluding carboxylic acids is 1. The Hall–Kier alpha value is -2.69. The lowest BCUT2D eigenvalue weighted by molar-refractivity contribution is -0.116. The van der Waals surface area contributed by atoms with Crippen LogP contribution in [-0.4, -0.2) is 20.4 Å². The van der Waals surface area contributed by atoms with Crippen LogP contribution < -0.4 is 5.32 Å². The van der Waals surface area contributed by atoms with Gasteiger partial charge in [-0.3, -0.25) is 14.7 Å². The van der Waals surface area contributed by atoms with E-state index in [0.717, 1.165) is 36.1 Å². The Bertz CT molecular complexity index is 1000. The first kappa shape index (κ1) is 15.6. The lowest BCUT2D eigenvalue weighted by Gasteiger charge is -2.30. The van der Waals surface area contributed by atoms with Gasteiger partial charge in [0.05, 0.1) is 0 Å². The molecule has 1 unspecified atom stereocenters. The predicted octanol–water partition coefficient (Wildman–Crippen LogP) is 4.13. The van der Waals surface area contributed by atoms with Crippen LogP contribution >= 0.6 is 0 Å². The number of pyridine rings is 1. The number of aryl methyl sites for hydroxylation is 1. The molecule has 0 saturated heterocycles. The SMILES string of the molecule is Cc1ccc2nc(NC(=O)CC3Cc4ccccc43)n(C3CCC3)c2n1. The molecule has 2 aromatic heterocycles. The van der Waals surface area contributed by atoms with Crippen LogP contribution in [0.1, 0.15) is 54.5 Å². The lowest BCUT2D eigenvalue weighted by Crippen LogP contribution is -2.26. The Morgan fingerprint density at radius 2 is 2.04 bits per heavy atom. The fourth-order valence-corrected chi connectivity index (χ4v) is 4.09. The van der Waals surface area contributed by atoms with Crippen LogP contribution in [0.4, 0.5) is 5.95 Å². The molecule has 0 bridgehead atoms. The van der Waals surface area contributed by atoms with E-state index in [9.17, 15) is 4.79 Å². The minimum atomic E-state index is 0.0390. The van der Waals surface area contributed by atoms with E-state index in [1.807, 2.05) is 25.1 Å². The summed E-state index contributed by atoms with van der Waals surface area (Å²) in [5.74, 6) is 1.02. The second kappa shape index (κ2) is 5.94. The van der Waals surface area contributed by atoms with E-state index in [1.165, 1.54) is 17.5 Å². The number of benzene rings is 1. The van der Waals surface area contributed by atoms with E-state index < -0.39 is 0 Å². The van der Waals surface area contributed by atoms with Gasteiger partial charge in [-0.25, -0.2) is 9.97 Å². The number of nitrogens with one attached hydrogen (secondary N) is 1. The van der Waals surface area contributed by atoms with Gasteiger partial charge >= 0.3 is 0 Å². The minimum Gasteiger partial charge on any atom is -0.296 e. The summed E-state index contributed by atoms with van der Waals surface area (Å²) in [6, 6.07) is 12.7. The van der Waals surface area contributed by atoms with Gasteiger partial charge in [-0.15, -0.1) is 0 Å². The summed E-state index contributed by atoms with van der Waals surface area (Å²) < 4.78 is 2.14. The van der Waals surface area contributed by atoms with Crippen molar-refractivity contribution in [2.75, 3.05) is 5.32 Å². The average Bonchev–Trinajstić information content (AvgIpc) is 2.89. The highest BCUT2D eigenvalue weighted by Gasteiger charge is 2.29. The Morgan fingerprint density at radius 1 is 1.19 bits per heavy atom. The molecule has 1 atom stereocenters. The van der Waals surface area contributed by atoms with Gasteiger partial charge in [-0.05, 0) is 61.8 Å². The maximum atomic E-state index is 12.7. The van der Waals surface area contributed by atoms with E-state index in [2.05, 4.69) is 38.1 Å². The molecule has 1 fully saturated rings. The molecule has 5 nitrogen and oxygen atoms in total. The average molecular weight is 346 g/mol. The fraction of sp³-hybridized carbons (Fsp3) is 0.381. The highest BCUT2D eigenvalue weighted by Crippen LogP contribution is 2.39. The lowest BCUT2D eigenvalue weighted by atomic mass is 9.76. The maximum absolute atomic E-state index is 12.7. The molecule has 1 saturated carbocycles. The normalized spacial score (nSPS) is 18.9. The number of hydrogen-bond acceptors (Lipinski definition) is 3. The number of carbonyl (C=O) groups is 1. The highest BCUT2D eigenvalue weighted by molar-refractivity contribution is 5.92. The quantitative estimate of drug-likeness (QED) is 0.772. The van der Waals surface area contributed by atoms with Crippen molar-refractivity contribution in [3.8, 4) is 0 Å². The molecule has 5 heteroatoms. The minimum absolute atomic E-state index is 0.0390. The summed E-state index contributed by atoms with van der Waals surface area (Å²) in [4.78, 5) is 22.0. The third-order valence-electron chi connectivity index (χ3n) is 5.76. The van der Waals surface area contributed by atoms with Gasteiger partial charge in [0, 0.05) is 18.2 Å². The zero-order valence-electron chi connectivity index (χ0n) is 14.9. The number of imidazole rings is 1. The second-order valence-electron chi connectivity index (χ2n) is 7.54. The molecule has 2 aliphatic carbocycles. The number of nitrogens with zero attached hydrogens (tertiary/aromatic N) is 3. The number of anilines is 1. The summed E-state index contributed by atoms with van der Waals surface area (Å²) >= 11 is 0. The summed E-state index contributed by atoms with van der Waals surface area (Å²) in [5, 5.41) is 3.07. The van der Waals surface area contributed by atoms with Crippen LogP contribution in [0, 0.1) is 6.92 Å². The van der Waals surface area contributed by atoms with E-state index in [1.54, 1.807) is 0 Å². The van der Waals surface area contributed by atoms with Crippen molar-refractivity contribution in [3.05, 3.63) is 53.2 Å². The molecule has 0 spiro atoms. The summed E-state index contributed by atoms with van der Waals surface area (Å²) in [6.45, 7) is 1.99. The molecule has 0 aliphatic heterocycles. The Morgan fingerprint density at radius 3 is 2.81 bits per heavy atom. The van der Waals surface area contributed by atoms with Gasteiger partial charge in [0.15, 0.2) is 5.65 Å². The molecular formula is C21H22N4O. The number of hydrogen-bond donors (Lipinski definition) is 1. The Labute approximate surface area is 152 Å². The monoisotopic (exact) mass is 346 g/mol. The third-order valence-corrected chi connectivity index (χ3v) is 5.76. The van der Waals surface area contributed by atoms with Crippen molar-refractivity contribution in [1.82, 2.24) is 14.5 Å². The Balaban J connectivity index is 1.40. The molecule has 1 aromatic carbocycles. The van der Waals surface area contributed by atoms with Gasteiger partial charge in [0.25, 0.3) is 0 Å². The van der Waals surface area contributed by atoms with Crippen molar-refractivity contribution in [1.29, 1.82) is 0 Å². The van der Waals surface area contributed by atoms with Crippen LogP contribution in [0.3, 0.4) is 0 Å². The molecule has 2 heterocycles. The summed E-state index contributed by atoms with van der Waals surface area (Å²) in [6.07, 6.45) is 4.98. The van der Waals surface area contributed by atoms with E-state index in [-0.39, 0.29) is 5.91 Å². The fourth-order valence-electron chi connectivity index (χ4n) is 4.09. The van der Waals surface area contributed by atoms with Crippen molar-refractivity contribution in [2.45, 2.75) is 51.0 Å². The highest BCUT2D eigenvalue weighted by atomic mass is 16.1. The zero-order chi connectivity index (χ0) is 17.7. The molecule has 132 valence electrons. The van der Waals surface area contributed by atoms with Crippen LogP contribution in [0.25, 0.3) is 11.2 Å². The molecule has 26 heavy (non-hydrogen) atoms. The Kier molecular flexibility index (Phi) is 3.55. The summed E-state index contributed by atoms with van der Waals surface area (Å²) in [5.41, 5.74) is 5.40. The smallest absolute Gasteiger partial charge is 0.227 e. The second-order valence-corrected chi connectivity index (χ2v) is 7.54. The van der Waals surface area contributed by atoms with E-state index in [0.29, 0.717) is 24.3 Å². The molecule has 1 amide bonds. The van der Waals surface area contributed by atoms with Gasteiger partial charge in [-0.1, -0.05) is 24.3 Å². The van der Waals surface area contributed by atoms with Gasteiger partial charge in [-0.2, -0.15) is 0 Å². The molecule has 5 rings (SSSR count). The summed E-state index contributed by atoms with van der Waals surface area (Å²) in [7, 11) is 0. The number of aromatic nitrogens is 3. The van der Waals surface area contributed by atoms with Crippen LogP contribution in [-0.2, 0) is 11.2 Å². The first-order valence-corrected chi connectivity index (χ1v) is 9.42. The largest absolute Gasteiger partial charge is 0.296 e. The zero-order valence-corrected chi connectivity index (χ0v) is 14.9. The first-order valence-electron chi connectivity index (χ1n) is 9.42. The van der Waals surface area contributed by atoms with Crippen molar-refractivity contribution in [2.24, 2.45) is 0 Å². The van der Waals surface area contributed by atoms with E-state index >= 15 is 0 Å². The standard InChI is InChI=1S/C21H22N4O/c1-13-9-10-18-20(22-13)25(16-6-4-7-16)21(23-18)24-19(26)12-15-11-14-5-2-3-8-17(14)15/h2-3,5,8-10,15-16H,4,6-7,11-12H2,1H3,(H,23,24,26). The number of amides is 1. The first-order chi connectivity index (χ1) is 12.7. The molecule has 1 N–H and O–H groups in total. The van der Waals surface area contributed by atoms with Crippen LogP contribution in [0.5, 0.6) is 0 Å². The van der Waals surface area contributed by atoms with Crippen LogP contribution in [0.2, 0.25) is 0 Å². The topological polar surface area (TPSA) is 59.8 Å². The van der Waals surface area contributed by atoms with Gasteiger partial charge in [0.2, 0.25) is 11.9 Å². The van der Waals surface area contributed by atoms with Gasteiger partial charge < -0.3 is 0 Å². The van der Waals surface area contributed by atoms with Crippen LogP contribution in [0.15, 0.2) is 36.4 Å². The van der Waals surface area contributed by atoms with Gasteiger partial charge in [0.1, 0.15) is 5.52 Å². The molecule has 0 radical (unpaired) electrons. The number of fused-ring (bicyclic) bond motifs is 2. The van der Waals surface area contributed by atoms with Crippen molar-refractivity contribution in [3.63, 3.8) is 0 Å². The molecule has 2 aliphatic rings. The maximum Gasteiger partial charge on any atom is 0.227 e. The third kappa shape index (κ3) is 2.50. The number of rotatable bonds is 4. The molecule has 3 aromatic rings. The van der Waals surface area contributed by atoms with Crippen molar-refractivity contribution >= 4 is 23.0 Å². The van der Waals surface area contributed by atoms with E-state index in [4.69, 9.17) is 0 Å². The molecular weight excluding hydrogens is 324 g/mol. The predicted molar refractivity (Wildman–Crippen MR) is 101 cm³/mol. The van der Waals surface area contributed by atoms with Crippen molar-refractivity contribution < 1.29 is 4.79 Å².